The first-order valence-corrected chi connectivity index (χ1v) is 8.54. The fraction of sp³-hybridized carbons (Fsp3) is 0.278. The predicted octanol–water partition coefficient (Wildman–Crippen LogP) is 2.27. The number of hydrogen-bond acceptors (Lipinski definition) is 5. The van der Waals surface area contributed by atoms with E-state index in [9.17, 15) is 9.59 Å². The lowest BCUT2D eigenvalue weighted by Crippen LogP contribution is -2.45. The molecule has 0 unspecified atom stereocenters. The Bertz CT molecular complexity index is 790. The lowest BCUT2D eigenvalue weighted by atomic mass is 10.2. The van der Waals surface area contributed by atoms with Gasteiger partial charge in [-0.25, -0.2) is 4.98 Å². The van der Waals surface area contributed by atoms with Gasteiger partial charge in [0, 0.05) is 31.9 Å². The summed E-state index contributed by atoms with van der Waals surface area (Å²) in [6, 6.07) is 8.57. The van der Waals surface area contributed by atoms with Gasteiger partial charge in [-0.3, -0.25) is 9.59 Å². The van der Waals surface area contributed by atoms with Gasteiger partial charge < -0.3 is 19.9 Å². The number of nitrogens with zero attached hydrogens (tertiary/aromatic N) is 3. The van der Waals surface area contributed by atoms with E-state index in [4.69, 9.17) is 16.3 Å². The summed E-state index contributed by atoms with van der Waals surface area (Å²) < 4.78 is 5.09. The molecule has 26 heavy (non-hydrogen) atoms. The van der Waals surface area contributed by atoms with Gasteiger partial charge in [-0.15, -0.1) is 0 Å². The largest absolute Gasteiger partial charge is 0.495 e. The Labute approximate surface area is 156 Å². The highest BCUT2D eigenvalue weighted by Crippen LogP contribution is 2.27. The van der Waals surface area contributed by atoms with Crippen molar-refractivity contribution in [1.29, 1.82) is 0 Å². The standard InChI is InChI=1S/C18H19ClN4O3/c1-26-17-5-2-13(10-15(17)19)21-18(25)16-4-3-14(11-20-16)23-8-6-22(12-24)7-9-23/h2-5,10-12H,6-9H2,1H3,(H,21,25). The molecule has 0 aliphatic carbocycles. The zero-order valence-corrected chi connectivity index (χ0v) is 15.1. The molecule has 2 heterocycles. The average Bonchev–Trinajstić information content (AvgIpc) is 2.68. The van der Waals surface area contributed by atoms with E-state index in [2.05, 4.69) is 15.2 Å². The second-order valence-corrected chi connectivity index (χ2v) is 6.24. The van der Waals surface area contributed by atoms with E-state index >= 15 is 0 Å². The number of carbonyl (C=O) groups excluding carboxylic acids is 2. The van der Waals surface area contributed by atoms with Gasteiger partial charge in [-0.2, -0.15) is 0 Å². The van der Waals surface area contributed by atoms with Crippen LogP contribution in [0.5, 0.6) is 5.75 Å². The SMILES string of the molecule is COc1ccc(NC(=O)c2ccc(N3CCN(C=O)CC3)cn2)cc1Cl. The fourth-order valence-corrected chi connectivity index (χ4v) is 2.99. The van der Waals surface area contributed by atoms with Crippen LogP contribution in [-0.2, 0) is 4.79 Å². The van der Waals surface area contributed by atoms with Crippen LogP contribution in [0, 0.1) is 0 Å². The van der Waals surface area contributed by atoms with E-state index in [0.29, 0.717) is 35.2 Å². The van der Waals surface area contributed by atoms with Gasteiger partial charge >= 0.3 is 0 Å². The van der Waals surface area contributed by atoms with Gasteiger partial charge in [0.2, 0.25) is 6.41 Å². The smallest absolute Gasteiger partial charge is 0.274 e. The lowest BCUT2D eigenvalue weighted by Gasteiger charge is -2.33. The number of carbonyl (C=O) groups is 2. The van der Waals surface area contributed by atoms with Crippen molar-refractivity contribution in [3.8, 4) is 5.75 Å². The van der Waals surface area contributed by atoms with E-state index in [1.807, 2.05) is 6.07 Å². The molecule has 2 amide bonds. The number of piperazine rings is 1. The van der Waals surface area contributed by atoms with Crippen LogP contribution in [-0.4, -0.2) is 55.5 Å². The average molecular weight is 375 g/mol. The van der Waals surface area contributed by atoms with Crippen LogP contribution in [0.1, 0.15) is 10.5 Å². The Morgan fingerprint density at radius 1 is 1.23 bits per heavy atom. The van der Waals surface area contributed by atoms with Crippen molar-refractivity contribution in [2.24, 2.45) is 0 Å². The quantitative estimate of drug-likeness (QED) is 0.813. The molecule has 1 aliphatic heterocycles. The molecule has 2 aromatic rings. The third-order valence-electron chi connectivity index (χ3n) is 4.22. The summed E-state index contributed by atoms with van der Waals surface area (Å²) in [7, 11) is 1.53. The van der Waals surface area contributed by atoms with Gasteiger partial charge in [0.25, 0.3) is 5.91 Å². The Balaban J connectivity index is 1.64. The maximum Gasteiger partial charge on any atom is 0.274 e. The summed E-state index contributed by atoms with van der Waals surface area (Å²) in [4.78, 5) is 31.2. The highest BCUT2D eigenvalue weighted by atomic mass is 35.5. The van der Waals surface area contributed by atoms with Crippen molar-refractivity contribution < 1.29 is 14.3 Å². The van der Waals surface area contributed by atoms with Crippen LogP contribution < -0.4 is 15.0 Å². The van der Waals surface area contributed by atoms with Gasteiger partial charge in [-0.1, -0.05) is 11.6 Å². The van der Waals surface area contributed by atoms with E-state index in [-0.39, 0.29) is 5.91 Å². The van der Waals surface area contributed by atoms with Gasteiger partial charge in [0.15, 0.2) is 0 Å². The number of amides is 2. The van der Waals surface area contributed by atoms with Crippen LogP contribution in [0.2, 0.25) is 5.02 Å². The number of ether oxygens (including phenoxy) is 1. The molecule has 1 N–H and O–H groups in total. The second-order valence-electron chi connectivity index (χ2n) is 5.83. The first-order chi connectivity index (χ1) is 12.6. The normalized spacial score (nSPS) is 14.1. The predicted molar refractivity (Wildman–Crippen MR) is 100 cm³/mol. The highest BCUT2D eigenvalue weighted by molar-refractivity contribution is 6.32. The molecule has 0 radical (unpaired) electrons. The molecule has 0 bridgehead atoms. The van der Waals surface area contributed by atoms with E-state index in [1.54, 1.807) is 35.4 Å². The molecule has 8 heteroatoms. The molecule has 0 atom stereocenters. The number of methoxy groups -OCH3 is 1. The summed E-state index contributed by atoms with van der Waals surface area (Å²) in [5, 5.41) is 3.18. The third-order valence-corrected chi connectivity index (χ3v) is 4.51. The highest BCUT2D eigenvalue weighted by Gasteiger charge is 2.17. The molecule has 0 saturated carbocycles. The number of nitrogens with one attached hydrogen (secondary N) is 1. The molecule has 0 spiro atoms. The van der Waals surface area contributed by atoms with Crippen molar-refractivity contribution in [1.82, 2.24) is 9.88 Å². The summed E-state index contributed by atoms with van der Waals surface area (Å²) in [5.74, 6) is 0.227. The lowest BCUT2D eigenvalue weighted by molar-refractivity contribution is -0.118. The number of halogens is 1. The fourth-order valence-electron chi connectivity index (χ4n) is 2.73. The Morgan fingerprint density at radius 3 is 2.58 bits per heavy atom. The monoisotopic (exact) mass is 374 g/mol. The van der Waals surface area contributed by atoms with Crippen LogP contribution in [0.25, 0.3) is 0 Å². The molecule has 1 fully saturated rings. The summed E-state index contributed by atoms with van der Waals surface area (Å²) in [6.07, 6.45) is 2.54. The van der Waals surface area contributed by atoms with Crippen molar-refractivity contribution in [3.05, 3.63) is 47.2 Å². The molecule has 1 aliphatic rings. The van der Waals surface area contributed by atoms with Crippen LogP contribution in [0.15, 0.2) is 36.5 Å². The summed E-state index contributed by atoms with van der Waals surface area (Å²) >= 11 is 6.06. The maximum atomic E-state index is 12.3. The minimum Gasteiger partial charge on any atom is -0.495 e. The van der Waals surface area contributed by atoms with Gasteiger partial charge in [0.05, 0.1) is 24.0 Å². The van der Waals surface area contributed by atoms with E-state index in [0.717, 1.165) is 25.2 Å². The molecular formula is C18H19ClN4O3. The van der Waals surface area contributed by atoms with Crippen molar-refractivity contribution in [3.63, 3.8) is 0 Å². The summed E-state index contributed by atoms with van der Waals surface area (Å²) in [5.41, 5.74) is 1.81. The van der Waals surface area contributed by atoms with Crippen molar-refractivity contribution in [2.75, 3.05) is 43.5 Å². The molecule has 1 aromatic carbocycles. The van der Waals surface area contributed by atoms with E-state index in [1.165, 1.54) is 7.11 Å². The molecule has 1 aromatic heterocycles. The van der Waals surface area contributed by atoms with Gasteiger partial charge in [-0.05, 0) is 30.3 Å². The Hall–Kier alpha value is -2.80. The maximum absolute atomic E-state index is 12.3. The van der Waals surface area contributed by atoms with Crippen LogP contribution in [0.3, 0.4) is 0 Å². The second kappa shape index (κ2) is 8.05. The van der Waals surface area contributed by atoms with Crippen molar-refractivity contribution >= 4 is 35.3 Å². The topological polar surface area (TPSA) is 74.8 Å². The van der Waals surface area contributed by atoms with Crippen molar-refractivity contribution in [2.45, 2.75) is 0 Å². The third kappa shape index (κ3) is 4.05. The number of benzene rings is 1. The van der Waals surface area contributed by atoms with Gasteiger partial charge in [0.1, 0.15) is 11.4 Å². The number of hydrogen-bond donors (Lipinski definition) is 1. The zero-order valence-electron chi connectivity index (χ0n) is 14.3. The minimum absolute atomic E-state index is 0.312. The molecule has 136 valence electrons. The number of rotatable bonds is 5. The van der Waals surface area contributed by atoms with E-state index < -0.39 is 0 Å². The van der Waals surface area contributed by atoms with Crippen LogP contribution in [0.4, 0.5) is 11.4 Å². The molecule has 7 nitrogen and oxygen atoms in total. The molecule has 1 saturated heterocycles. The summed E-state index contributed by atoms with van der Waals surface area (Å²) in [6.45, 7) is 2.86. The number of anilines is 2. The Morgan fingerprint density at radius 2 is 2.00 bits per heavy atom. The number of pyridine rings is 1. The zero-order chi connectivity index (χ0) is 18.5. The minimum atomic E-state index is -0.316. The first kappa shape index (κ1) is 18.0. The Kier molecular flexibility index (Phi) is 5.58. The first-order valence-electron chi connectivity index (χ1n) is 8.16. The van der Waals surface area contributed by atoms with Crippen LogP contribution >= 0.6 is 11.6 Å². The molecule has 3 rings (SSSR count). The number of aromatic nitrogens is 1. The molecular weight excluding hydrogens is 356 g/mol.